The Kier molecular flexibility index (Phi) is 4.82. The first-order valence-corrected chi connectivity index (χ1v) is 7.38. The van der Waals surface area contributed by atoms with Crippen LogP contribution in [0.15, 0.2) is 25.3 Å². The van der Waals surface area contributed by atoms with Crippen LogP contribution in [0.4, 0.5) is 0 Å². The molecule has 2 rings (SSSR count). The number of hydrogen-bond donors (Lipinski definition) is 1. The van der Waals surface area contributed by atoms with Gasteiger partial charge in [0.2, 0.25) is 0 Å². The van der Waals surface area contributed by atoms with Crippen LogP contribution in [0.2, 0.25) is 0 Å². The molecular formula is C16H26O3. The molecule has 1 saturated carbocycles. The van der Waals surface area contributed by atoms with Gasteiger partial charge in [-0.15, -0.1) is 13.2 Å². The Labute approximate surface area is 116 Å². The molecule has 0 aromatic rings. The maximum Gasteiger partial charge on any atom is 0.176 e. The van der Waals surface area contributed by atoms with Gasteiger partial charge in [0.15, 0.2) is 5.79 Å². The summed E-state index contributed by atoms with van der Waals surface area (Å²) in [7, 11) is 0. The highest BCUT2D eigenvalue weighted by atomic mass is 16.7. The molecule has 108 valence electrons. The molecule has 0 aromatic heterocycles. The summed E-state index contributed by atoms with van der Waals surface area (Å²) in [5.74, 6) is -0.625. The summed E-state index contributed by atoms with van der Waals surface area (Å²) >= 11 is 0. The fraction of sp³-hybridized carbons (Fsp3) is 0.750. The van der Waals surface area contributed by atoms with Gasteiger partial charge in [0.1, 0.15) is 0 Å². The summed E-state index contributed by atoms with van der Waals surface area (Å²) in [6, 6.07) is 0. The lowest BCUT2D eigenvalue weighted by atomic mass is 9.67. The smallest absolute Gasteiger partial charge is 0.176 e. The van der Waals surface area contributed by atoms with Crippen molar-refractivity contribution in [2.75, 3.05) is 13.2 Å². The number of allylic oxidation sites excluding steroid dienone is 1. The van der Waals surface area contributed by atoms with E-state index in [1.54, 1.807) is 6.08 Å². The molecule has 19 heavy (non-hydrogen) atoms. The number of ether oxygens (including phenoxy) is 2. The molecule has 2 fully saturated rings. The summed E-state index contributed by atoms with van der Waals surface area (Å²) < 4.78 is 12.1. The molecule has 1 spiro atoms. The minimum atomic E-state index is -0.625. The average Bonchev–Trinajstić information content (AvgIpc) is 2.79. The van der Waals surface area contributed by atoms with Crippen LogP contribution in [-0.4, -0.2) is 30.2 Å². The second-order valence-electron chi connectivity index (χ2n) is 5.70. The van der Waals surface area contributed by atoms with Gasteiger partial charge >= 0.3 is 0 Å². The number of rotatable bonds is 5. The lowest BCUT2D eigenvalue weighted by Crippen LogP contribution is -2.55. The highest BCUT2D eigenvalue weighted by Crippen LogP contribution is 2.53. The van der Waals surface area contributed by atoms with Crippen LogP contribution in [0.25, 0.3) is 0 Å². The van der Waals surface area contributed by atoms with Crippen molar-refractivity contribution in [3.63, 3.8) is 0 Å². The lowest BCUT2D eigenvalue weighted by Gasteiger charge is -2.48. The van der Waals surface area contributed by atoms with Crippen LogP contribution in [0.3, 0.4) is 0 Å². The molecule has 2 atom stereocenters. The summed E-state index contributed by atoms with van der Waals surface area (Å²) in [5.41, 5.74) is -0.379. The molecule has 1 aliphatic heterocycles. The van der Waals surface area contributed by atoms with Gasteiger partial charge in [-0.25, -0.2) is 0 Å². The highest BCUT2D eigenvalue weighted by molar-refractivity contribution is 5.05. The first kappa shape index (κ1) is 14.8. The van der Waals surface area contributed by atoms with Crippen LogP contribution in [-0.2, 0) is 9.47 Å². The van der Waals surface area contributed by atoms with Crippen molar-refractivity contribution in [1.29, 1.82) is 0 Å². The van der Waals surface area contributed by atoms with E-state index in [-0.39, 0.29) is 5.41 Å². The molecule has 2 aliphatic rings. The Hall–Kier alpha value is -0.640. The zero-order valence-corrected chi connectivity index (χ0v) is 11.8. The van der Waals surface area contributed by atoms with Gasteiger partial charge in [-0.1, -0.05) is 25.0 Å². The van der Waals surface area contributed by atoms with Crippen LogP contribution < -0.4 is 0 Å². The molecule has 3 nitrogen and oxygen atoms in total. The SMILES string of the molecule is C=CC[C@@H](O)[C@@]1(CC=C)CCCCCC12OCCO2. The third-order valence-electron chi connectivity index (χ3n) is 4.68. The normalized spacial score (nSPS) is 31.8. The quantitative estimate of drug-likeness (QED) is 0.777. The van der Waals surface area contributed by atoms with Crippen molar-refractivity contribution < 1.29 is 14.6 Å². The van der Waals surface area contributed by atoms with E-state index in [4.69, 9.17) is 9.47 Å². The zero-order chi connectivity index (χ0) is 13.8. The van der Waals surface area contributed by atoms with E-state index in [9.17, 15) is 5.11 Å². The molecule has 0 bridgehead atoms. The predicted molar refractivity (Wildman–Crippen MR) is 75.8 cm³/mol. The number of hydrogen-bond acceptors (Lipinski definition) is 3. The molecule has 0 radical (unpaired) electrons. The first-order chi connectivity index (χ1) is 9.21. The average molecular weight is 266 g/mol. The van der Waals surface area contributed by atoms with E-state index >= 15 is 0 Å². The van der Waals surface area contributed by atoms with Crippen molar-refractivity contribution >= 4 is 0 Å². The monoisotopic (exact) mass is 266 g/mol. The first-order valence-electron chi connectivity index (χ1n) is 7.38. The zero-order valence-electron chi connectivity index (χ0n) is 11.8. The third-order valence-corrected chi connectivity index (χ3v) is 4.68. The Balaban J connectivity index is 2.38. The summed E-state index contributed by atoms with van der Waals surface area (Å²) in [6.45, 7) is 8.89. The van der Waals surface area contributed by atoms with Gasteiger partial charge in [-0.05, 0) is 25.7 Å². The molecule has 1 N–H and O–H groups in total. The van der Waals surface area contributed by atoms with Crippen molar-refractivity contribution in [2.24, 2.45) is 5.41 Å². The van der Waals surface area contributed by atoms with Crippen molar-refractivity contribution in [2.45, 2.75) is 56.8 Å². The number of aliphatic hydroxyl groups is 1. The maximum absolute atomic E-state index is 10.7. The molecule has 0 unspecified atom stereocenters. The summed E-state index contributed by atoms with van der Waals surface area (Å²) in [5, 5.41) is 10.7. The molecule has 1 aliphatic carbocycles. The Morgan fingerprint density at radius 2 is 1.74 bits per heavy atom. The van der Waals surface area contributed by atoms with E-state index in [1.165, 1.54) is 6.42 Å². The maximum atomic E-state index is 10.7. The number of aliphatic hydroxyl groups excluding tert-OH is 1. The topological polar surface area (TPSA) is 38.7 Å². The molecule has 1 heterocycles. The Bertz CT molecular complexity index is 320. The van der Waals surface area contributed by atoms with Gasteiger partial charge in [0.05, 0.1) is 24.7 Å². The minimum absolute atomic E-state index is 0.379. The van der Waals surface area contributed by atoms with Crippen LogP contribution in [0, 0.1) is 5.41 Å². The highest BCUT2D eigenvalue weighted by Gasteiger charge is 2.58. The predicted octanol–water partition coefficient (Wildman–Crippen LogP) is 3.19. The van der Waals surface area contributed by atoms with E-state index < -0.39 is 11.9 Å². The standard InChI is InChI=1S/C16H26O3/c1-3-8-14(17)15(9-4-2)10-6-5-7-11-16(15)18-12-13-19-16/h3-4,14,17H,1-2,5-13H2/t14-,15-/m1/s1. The Morgan fingerprint density at radius 1 is 1.05 bits per heavy atom. The van der Waals surface area contributed by atoms with Crippen molar-refractivity contribution in [3.8, 4) is 0 Å². The van der Waals surface area contributed by atoms with Gasteiger partial charge < -0.3 is 14.6 Å². The van der Waals surface area contributed by atoms with Crippen LogP contribution in [0.1, 0.15) is 44.9 Å². The fourth-order valence-electron chi connectivity index (χ4n) is 3.76. The third kappa shape index (κ3) is 2.51. The second kappa shape index (κ2) is 6.21. The van der Waals surface area contributed by atoms with E-state index in [0.717, 1.165) is 32.1 Å². The summed E-state index contributed by atoms with van der Waals surface area (Å²) in [6.07, 6.45) is 9.66. The molecule has 0 aromatic carbocycles. The lowest BCUT2D eigenvalue weighted by molar-refractivity contribution is -0.267. The van der Waals surface area contributed by atoms with E-state index in [2.05, 4.69) is 13.2 Å². The van der Waals surface area contributed by atoms with E-state index in [1.807, 2.05) is 6.08 Å². The molecule has 3 heteroatoms. The molecule has 0 amide bonds. The van der Waals surface area contributed by atoms with Crippen LogP contribution >= 0.6 is 0 Å². The summed E-state index contributed by atoms with van der Waals surface area (Å²) in [4.78, 5) is 0. The van der Waals surface area contributed by atoms with Gasteiger partial charge in [-0.3, -0.25) is 0 Å². The largest absolute Gasteiger partial charge is 0.392 e. The molecular weight excluding hydrogens is 240 g/mol. The Morgan fingerprint density at radius 3 is 2.37 bits per heavy atom. The van der Waals surface area contributed by atoms with Crippen molar-refractivity contribution in [1.82, 2.24) is 0 Å². The minimum Gasteiger partial charge on any atom is -0.392 e. The van der Waals surface area contributed by atoms with Gasteiger partial charge in [0.25, 0.3) is 0 Å². The molecule has 1 saturated heterocycles. The fourth-order valence-corrected chi connectivity index (χ4v) is 3.76. The van der Waals surface area contributed by atoms with Gasteiger partial charge in [0, 0.05) is 6.42 Å². The second-order valence-corrected chi connectivity index (χ2v) is 5.70. The van der Waals surface area contributed by atoms with E-state index in [0.29, 0.717) is 19.6 Å². The van der Waals surface area contributed by atoms with Crippen LogP contribution in [0.5, 0.6) is 0 Å². The van der Waals surface area contributed by atoms with Gasteiger partial charge in [-0.2, -0.15) is 0 Å². The van der Waals surface area contributed by atoms with Crippen molar-refractivity contribution in [3.05, 3.63) is 25.3 Å².